The lowest BCUT2D eigenvalue weighted by molar-refractivity contribution is -0.136. The number of esters is 1. The van der Waals surface area contributed by atoms with Gasteiger partial charge in [0.25, 0.3) is 11.8 Å². The number of aryl methyl sites for hydroxylation is 2. The van der Waals surface area contributed by atoms with Crippen molar-refractivity contribution in [1.29, 1.82) is 0 Å². The number of benzene rings is 3. The molecule has 1 aliphatic heterocycles. The van der Waals surface area contributed by atoms with Crippen molar-refractivity contribution >= 4 is 35.2 Å². The molecular formula is C31H30N2O6. The maximum Gasteiger partial charge on any atom is 0.340 e. The lowest BCUT2D eigenvalue weighted by Gasteiger charge is -2.19. The molecule has 200 valence electrons. The molecule has 1 N–H and O–H groups in total. The number of nitrogens with one attached hydrogen (secondary N) is 1. The number of nitrogens with zero attached hydrogens (tertiary/aromatic N) is 1. The van der Waals surface area contributed by atoms with Crippen molar-refractivity contribution in [3.8, 4) is 11.5 Å². The molecule has 0 spiro atoms. The van der Waals surface area contributed by atoms with E-state index < -0.39 is 5.97 Å². The van der Waals surface area contributed by atoms with Gasteiger partial charge in [-0.3, -0.25) is 14.5 Å². The van der Waals surface area contributed by atoms with Gasteiger partial charge in [0.05, 0.1) is 31.1 Å². The first kappa shape index (κ1) is 27.2. The summed E-state index contributed by atoms with van der Waals surface area (Å²) in [6, 6.07) is 19.7. The van der Waals surface area contributed by atoms with Gasteiger partial charge in [-0.15, -0.1) is 0 Å². The molecule has 0 unspecified atom stereocenters. The Kier molecular flexibility index (Phi) is 8.15. The van der Waals surface area contributed by atoms with E-state index in [0.29, 0.717) is 34.1 Å². The molecule has 0 saturated heterocycles. The third-order valence-corrected chi connectivity index (χ3v) is 6.48. The van der Waals surface area contributed by atoms with E-state index in [2.05, 4.69) is 5.32 Å². The molecule has 0 radical (unpaired) electrons. The third-order valence-electron chi connectivity index (χ3n) is 6.48. The molecule has 0 aromatic heterocycles. The number of carbonyl (C=O) groups is 3. The monoisotopic (exact) mass is 526 g/mol. The number of para-hydroxylation sites is 2. The van der Waals surface area contributed by atoms with Crippen LogP contribution in [-0.4, -0.2) is 38.6 Å². The van der Waals surface area contributed by atoms with Gasteiger partial charge in [0.15, 0.2) is 6.61 Å². The molecule has 1 heterocycles. The van der Waals surface area contributed by atoms with Crippen molar-refractivity contribution in [2.75, 3.05) is 31.0 Å². The molecular weight excluding hydrogens is 496 g/mol. The van der Waals surface area contributed by atoms with Crippen LogP contribution in [0.1, 0.15) is 23.6 Å². The summed E-state index contributed by atoms with van der Waals surface area (Å²) in [5, 5.41) is 2.76. The first-order valence-corrected chi connectivity index (χ1v) is 12.3. The van der Waals surface area contributed by atoms with Gasteiger partial charge in [-0.05, 0) is 79.9 Å². The number of carbonyl (C=O) groups excluding carboxylic acids is 3. The zero-order valence-electron chi connectivity index (χ0n) is 22.5. The summed E-state index contributed by atoms with van der Waals surface area (Å²) in [6.07, 6.45) is 1.65. The second kappa shape index (κ2) is 11.7. The van der Waals surface area contributed by atoms with Crippen molar-refractivity contribution in [3.63, 3.8) is 0 Å². The molecule has 0 aliphatic carbocycles. The predicted molar refractivity (Wildman–Crippen MR) is 150 cm³/mol. The van der Waals surface area contributed by atoms with Crippen LogP contribution in [0.3, 0.4) is 0 Å². The summed E-state index contributed by atoms with van der Waals surface area (Å²) in [6.45, 7) is 5.50. The second-order valence-electron chi connectivity index (χ2n) is 9.03. The summed E-state index contributed by atoms with van der Waals surface area (Å²) in [4.78, 5) is 40.1. The molecule has 8 heteroatoms. The summed E-state index contributed by atoms with van der Waals surface area (Å²) >= 11 is 0. The number of allylic oxidation sites excluding steroid dienone is 1. The number of anilines is 2. The highest BCUT2D eigenvalue weighted by Gasteiger charge is 2.38. The lowest BCUT2D eigenvalue weighted by Crippen LogP contribution is -2.24. The Hall–Kier alpha value is -4.85. The van der Waals surface area contributed by atoms with Crippen LogP contribution >= 0.6 is 0 Å². The number of ether oxygens (including phenoxy) is 3. The van der Waals surface area contributed by atoms with E-state index >= 15 is 0 Å². The minimum Gasteiger partial charge on any atom is -0.495 e. The predicted octanol–water partition coefficient (Wildman–Crippen LogP) is 5.21. The van der Waals surface area contributed by atoms with Crippen LogP contribution in [-0.2, 0) is 19.1 Å². The molecule has 0 fully saturated rings. The number of methoxy groups -OCH3 is 2. The van der Waals surface area contributed by atoms with E-state index in [1.54, 1.807) is 55.5 Å². The quantitative estimate of drug-likeness (QED) is 0.320. The van der Waals surface area contributed by atoms with Crippen molar-refractivity contribution in [2.24, 2.45) is 0 Å². The minimum absolute atomic E-state index is 0.198. The molecule has 1 aliphatic rings. The highest BCUT2D eigenvalue weighted by molar-refractivity contribution is 6.23. The number of rotatable bonds is 8. The lowest BCUT2D eigenvalue weighted by atomic mass is 10.0. The molecule has 3 aromatic rings. The van der Waals surface area contributed by atoms with Crippen molar-refractivity contribution < 1.29 is 28.6 Å². The van der Waals surface area contributed by atoms with Crippen LogP contribution in [0.5, 0.6) is 11.5 Å². The van der Waals surface area contributed by atoms with Crippen LogP contribution < -0.4 is 19.7 Å². The van der Waals surface area contributed by atoms with Crippen LogP contribution in [0.25, 0.3) is 6.08 Å². The summed E-state index contributed by atoms with van der Waals surface area (Å²) in [5.41, 5.74) is 5.02. The number of hydrogen-bond donors (Lipinski definition) is 1. The Morgan fingerprint density at radius 3 is 2.31 bits per heavy atom. The summed E-state index contributed by atoms with van der Waals surface area (Å²) < 4.78 is 15.9. The van der Waals surface area contributed by atoms with E-state index in [4.69, 9.17) is 14.2 Å². The highest BCUT2D eigenvalue weighted by atomic mass is 16.5. The van der Waals surface area contributed by atoms with Gasteiger partial charge in [-0.1, -0.05) is 30.3 Å². The maximum atomic E-state index is 13.5. The van der Waals surface area contributed by atoms with Crippen molar-refractivity contribution in [2.45, 2.75) is 20.8 Å². The number of hydrogen-bond acceptors (Lipinski definition) is 6. The van der Waals surface area contributed by atoms with Crippen LogP contribution in [0.15, 0.2) is 83.6 Å². The normalized spacial score (nSPS) is 14.0. The van der Waals surface area contributed by atoms with E-state index in [9.17, 15) is 14.4 Å². The molecule has 0 saturated carbocycles. The smallest absolute Gasteiger partial charge is 0.340 e. The van der Waals surface area contributed by atoms with E-state index in [-0.39, 0.29) is 29.6 Å². The van der Waals surface area contributed by atoms with Gasteiger partial charge < -0.3 is 19.5 Å². The topological polar surface area (TPSA) is 94.2 Å². The first-order valence-electron chi connectivity index (χ1n) is 12.3. The van der Waals surface area contributed by atoms with Crippen LogP contribution in [0, 0.1) is 13.8 Å². The summed E-state index contributed by atoms with van der Waals surface area (Å²) in [7, 11) is 2.82. The van der Waals surface area contributed by atoms with Gasteiger partial charge in [0, 0.05) is 11.4 Å². The molecule has 8 nitrogen and oxygen atoms in total. The largest absolute Gasteiger partial charge is 0.495 e. The van der Waals surface area contributed by atoms with Crippen LogP contribution in [0.2, 0.25) is 0 Å². The van der Waals surface area contributed by atoms with Crippen molar-refractivity contribution in [1.82, 2.24) is 0 Å². The van der Waals surface area contributed by atoms with E-state index in [0.717, 1.165) is 11.1 Å². The molecule has 2 amide bonds. The fourth-order valence-corrected chi connectivity index (χ4v) is 4.27. The standard InChI is InChI=1S/C31H30N2O6/c1-19-10-13-23(16-20(19)2)33-21(3)29(31(36)38-5)25(30(33)35)17-22-11-14-24(15-12-22)39-18-28(34)32-26-8-6-7-9-27(26)37-4/h6-17H,18H2,1-5H3,(H,32,34)/b25-17-. The zero-order valence-corrected chi connectivity index (χ0v) is 22.5. The van der Waals surface area contributed by atoms with E-state index in [1.807, 2.05) is 38.1 Å². The van der Waals surface area contributed by atoms with Gasteiger partial charge in [0.1, 0.15) is 11.5 Å². The molecule has 3 aromatic carbocycles. The van der Waals surface area contributed by atoms with Gasteiger partial charge >= 0.3 is 5.97 Å². The minimum atomic E-state index is -0.584. The van der Waals surface area contributed by atoms with Crippen molar-refractivity contribution in [3.05, 3.63) is 100 Å². The highest BCUT2D eigenvalue weighted by Crippen LogP contribution is 2.36. The molecule has 4 rings (SSSR count). The Morgan fingerprint density at radius 1 is 0.923 bits per heavy atom. The molecule has 39 heavy (non-hydrogen) atoms. The second-order valence-corrected chi connectivity index (χ2v) is 9.03. The fourth-order valence-electron chi connectivity index (χ4n) is 4.27. The maximum absolute atomic E-state index is 13.5. The Labute approximate surface area is 227 Å². The zero-order chi connectivity index (χ0) is 28.1. The SMILES string of the molecule is COC(=O)C1=C(C)N(c2ccc(C)c(C)c2)C(=O)/C1=C\c1ccc(OCC(=O)Nc2ccccc2OC)cc1. The molecule has 0 atom stereocenters. The Bertz CT molecular complexity index is 1490. The third kappa shape index (κ3) is 5.85. The average molecular weight is 527 g/mol. The summed E-state index contributed by atoms with van der Waals surface area (Å²) in [5.74, 6) is -0.209. The molecule has 0 bridgehead atoms. The van der Waals surface area contributed by atoms with Gasteiger partial charge in [0.2, 0.25) is 0 Å². The average Bonchev–Trinajstić information content (AvgIpc) is 3.18. The Morgan fingerprint density at radius 2 is 1.64 bits per heavy atom. The number of amides is 2. The van der Waals surface area contributed by atoms with E-state index in [1.165, 1.54) is 19.1 Å². The van der Waals surface area contributed by atoms with Gasteiger partial charge in [-0.2, -0.15) is 0 Å². The van der Waals surface area contributed by atoms with Gasteiger partial charge in [-0.25, -0.2) is 4.79 Å². The first-order chi connectivity index (χ1) is 18.7. The van der Waals surface area contributed by atoms with Crippen LogP contribution in [0.4, 0.5) is 11.4 Å². The fraction of sp³-hybridized carbons (Fsp3) is 0.194. The Balaban J connectivity index is 1.51.